The van der Waals surface area contributed by atoms with E-state index in [1.165, 1.54) is 0 Å². The van der Waals surface area contributed by atoms with E-state index in [0.717, 1.165) is 16.8 Å². The fraction of sp³-hybridized carbons (Fsp3) is 0. The minimum absolute atomic E-state index is 0. The Bertz CT molecular complexity index is 693. The second-order valence-electron chi connectivity index (χ2n) is 3.69. The van der Waals surface area contributed by atoms with Gasteiger partial charge in [-0.25, -0.2) is 9.50 Å². The Morgan fingerprint density at radius 2 is 2.06 bits per heavy atom. The zero-order valence-electron chi connectivity index (χ0n) is 9.25. The van der Waals surface area contributed by atoms with Gasteiger partial charge in [0.15, 0.2) is 5.65 Å². The van der Waals surface area contributed by atoms with Gasteiger partial charge >= 0.3 is 0 Å². The molecule has 0 aliphatic carbocycles. The van der Waals surface area contributed by atoms with Gasteiger partial charge in [0.1, 0.15) is 5.82 Å². The fourth-order valence-electron chi connectivity index (χ4n) is 1.74. The highest BCUT2D eigenvalue weighted by molar-refractivity contribution is 6.30. The van der Waals surface area contributed by atoms with Crippen molar-refractivity contribution in [3.05, 3.63) is 47.7 Å². The fourth-order valence-corrected chi connectivity index (χ4v) is 1.93. The van der Waals surface area contributed by atoms with Crippen LogP contribution in [0.5, 0.6) is 0 Å². The van der Waals surface area contributed by atoms with Crippen molar-refractivity contribution in [1.82, 2.24) is 14.6 Å². The molecule has 0 atom stereocenters. The van der Waals surface area contributed by atoms with Gasteiger partial charge < -0.3 is 5.73 Å². The lowest BCUT2D eigenvalue weighted by atomic mass is 10.1. The highest BCUT2D eigenvalue weighted by Crippen LogP contribution is 2.25. The number of benzene rings is 1. The second-order valence-corrected chi connectivity index (χ2v) is 4.13. The van der Waals surface area contributed by atoms with Gasteiger partial charge in [0.05, 0.1) is 6.20 Å². The molecule has 1 aromatic carbocycles. The quantitative estimate of drug-likeness (QED) is 0.745. The van der Waals surface area contributed by atoms with Gasteiger partial charge in [-0.3, -0.25) is 0 Å². The minimum atomic E-state index is 0. The van der Waals surface area contributed by atoms with E-state index in [-0.39, 0.29) is 12.4 Å². The third kappa shape index (κ3) is 2.12. The van der Waals surface area contributed by atoms with Crippen LogP contribution >= 0.6 is 24.0 Å². The van der Waals surface area contributed by atoms with Crippen molar-refractivity contribution in [2.24, 2.45) is 0 Å². The van der Waals surface area contributed by atoms with Crippen molar-refractivity contribution < 1.29 is 0 Å². The zero-order chi connectivity index (χ0) is 11.8. The Labute approximate surface area is 115 Å². The lowest BCUT2D eigenvalue weighted by Crippen LogP contribution is -1.95. The average molecular weight is 281 g/mol. The first-order valence-electron chi connectivity index (χ1n) is 5.10. The molecule has 0 bridgehead atoms. The number of anilines is 1. The van der Waals surface area contributed by atoms with E-state index in [9.17, 15) is 0 Å². The molecule has 0 unspecified atom stereocenters. The molecule has 2 N–H and O–H groups in total. The summed E-state index contributed by atoms with van der Waals surface area (Å²) in [5, 5.41) is 4.91. The second kappa shape index (κ2) is 4.84. The maximum atomic E-state index is 5.97. The average Bonchev–Trinajstić information content (AvgIpc) is 2.71. The van der Waals surface area contributed by atoms with Gasteiger partial charge in [0, 0.05) is 16.8 Å². The van der Waals surface area contributed by atoms with Crippen LogP contribution in [-0.2, 0) is 0 Å². The summed E-state index contributed by atoms with van der Waals surface area (Å²) in [6.45, 7) is 0. The largest absolute Gasteiger partial charge is 0.384 e. The lowest BCUT2D eigenvalue weighted by Gasteiger charge is -2.00. The number of fused-ring (bicyclic) bond motifs is 1. The van der Waals surface area contributed by atoms with E-state index in [4.69, 9.17) is 17.3 Å². The molecule has 3 rings (SSSR count). The van der Waals surface area contributed by atoms with E-state index in [1.54, 1.807) is 23.0 Å². The Balaban J connectivity index is 0.00000120. The Morgan fingerprint density at radius 3 is 2.83 bits per heavy atom. The molecule has 3 aromatic rings. The molecule has 2 aromatic heterocycles. The summed E-state index contributed by atoms with van der Waals surface area (Å²) < 4.78 is 1.69. The minimum Gasteiger partial charge on any atom is -0.384 e. The number of aromatic nitrogens is 3. The SMILES string of the molecule is Cl.Nc1ccn2ncc(-c3cccc(Cl)c3)c2n1. The number of rotatable bonds is 1. The van der Waals surface area contributed by atoms with E-state index in [1.807, 2.05) is 24.3 Å². The van der Waals surface area contributed by atoms with E-state index in [2.05, 4.69) is 10.1 Å². The molecular formula is C12H10Cl2N4. The summed E-state index contributed by atoms with van der Waals surface area (Å²) >= 11 is 5.97. The van der Waals surface area contributed by atoms with Gasteiger partial charge in [-0.15, -0.1) is 12.4 Å². The molecule has 6 heteroatoms. The van der Waals surface area contributed by atoms with Gasteiger partial charge in [0.2, 0.25) is 0 Å². The van der Waals surface area contributed by atoms with Gasteiger partial charge in [-0.1, -0.05) is 23.7 Å². The van der Waals surface area contributed by atoms with Crippen molar-refractivity contribution >= 4 is 35.5 Å². The van der Waals surface area contributed by atoms with Crippen molar-refractivity contribution in [3.8, 4) is 11.1 Å². The Hall–Kier alpha value is -1.78. The first-order chi connectivity index (χ1) is 8.24. The van der Waals surface area contributed by atoms with Crippen LogP contribution < -0.4 is 5.73 Å². The molecule has 92 valence electrons. The number of nitrogens with two attached hydrogens (primary N) is 1. The van der Waals surface area contributed by atoms with Crippen molar-refractivity contribution in [2.45, 2.75) is 0 Å². The summed E-state index contributed by atoms with van der Waals surface area (Å²) in [6.07, 6.45) is 3.54. The van der Waals surface area contributed by atoms with Crippen LogP contribution in [0.25, 0.3) is 16.8 Å². The van der Waals surface area contributed by atoms with E-state index in [0.29, 0.717) is 10.8 Å². The van der Waals surface area contributed by atoms with Crippen LogP contribution in [-0.4, -0.2) is 14.6 Å². The van der Waals surface area contributed by atoms with Crippen LogP contribution in [0.1, 0.15) is 0 Å². The number of halogens is 2. The van der Waals surface area contributed by atoms with Crippen LogP contribution in [0, 0.1) is 0 Å². The summed E-state index contributed by atoms with van der Waals surface area (Å²) in [5.41, 5.74) is 8.30. The molecule has 0 radical (unpaired) electrons. The molecular weight excluding hydrogens is 271 g/mol. The summed E-state index contributed by atoms with van der Waals surface area (Å²) in [7, 11) is 0. The highest BCUT2D eigenvalue weighted by Gasteiger charge is 2.08. The maximum absolute atomic E-state index is 5.97. The molecule has 0 aliphatic rings. The number of hydrogen-bond donors (Lipinski definition) is 1. The third-order valence-electron chi connectivity index (χ3n) is 2.53. The first kappa shape index (κ1) is 12.7. The molecule has 4 nitrogen and oxygen atoms in total. The van der Waals surface area contributed by atoms with Crippen molar-refractivity contribution in [3.63, 3.8) is 0 Å². The van der Waals surface area contributed by atoms with E-state index < -0.39 is 0 Å². The molecule has 0 saturated heterocycles. The first-order valence-corrected chi connectivity index (χ1v) is 5.47. The number of nitrogens with zero attached hydrogens (tertiary/aromatic N) is 3. The van der Waals surface area contributed by atoms with Crippen molar-refractivity contribution in [2.75, 3.05) is 5.73 Å². The van der Waals surface area contributed by atoms with Crippen LogP contribution in [0.15, 0.2) is 42.7 Å². The third-order valence-corrected chi connectivity index (χ3v) is 2.76. The molecule has 2 heterocycles. The molecule has 0 spiro atoms. The molecule has 0 amide bonds. The summed E-state index contributed by atoms with van der Waals surface area (Å²) in [4.78, 5) is 4.28. The number of hydrogen-bond acceptors (Lipinski definition) is 3. The predicted molar refractivity (Wildman–Crippen MR) is 75.1 cm³/mol. The van der Waals surface area contributed by atoms with Crippen LogP contribution in [0.2, 0.25) is 5.02 Å². The Kier molecular flexibility index (Phi) is 3.41. The Morgan fingerprint density at radius 1 is 1.22 bits per heavy atom. The highest BCUT2D eigenvalue weighted by atomic mass is 35.5. The monoisotopic (exact) mass is 280 g/mol. The molecule has 0 fully saturated rings. The van der Waals surface area contributed by atoms with Gasteiger partial charge in [0.25, 0.3) is 0 Å². The van der Waals surface area contributed by atoms with Crippen molar-refractivity contribution in [1.29, 1.82) is 0 Å². The summed E-state index contributed by atoms with van der Waals surface area (Å²) in [6, 6.07) is 9.28. The molecule has 0 aliphatic heterocycles. The van der Waals surface area contributed by atoms with Gasteiger partial charge in [-0.2, -0.15) is 5.10 Å². The number of nitrogen functional groups attached to an aromatic ring is 1. The topological polar surface area (TPSA) is 56.2 Å². The van der Waals surface area contributed by atoms with Crippen LogP contribution in [0.4, 0.5) is 5.82 Å². The standard InChI is InChI=1S/C12H9ClN4.ClH/c13-9-3-1-2-8(6-9)10-7-15-17-5-4-11(14)16-12(10)17;/h1-7H,(H2,14,16);1H. The normalized spacial score (nSPS) is 10.3. The maximum Gasteiger partial charge on any atom is 0.165 e. The smallest absolute Gasteiger partial charge is 0.165 e. The zero-order valence-corrected chi connectivity index (χ0v) is 10.8. The predicted octanol–water partition coefficient (Wildman–Crippen LogP) is 3.05. The molecule has 18 heavy (non-hydrogen) atoms. The van der Waals surface area contributed by atoms with E-state index >= 15 is 0 Å². The summed E-state index contributed by atoms with van der Waals surface area (Å²) in [5.74, 6) is 0.473. The molecule has 0 saturated carbocycles. The van der Waals surface area contributed by atoms with Crippen LogP contribution in [0.3, 0.4) is 0 Å². The lowest BCUT2D eigenvalue weighted by molar-refractivity contribution is 0.942. The van der Waals surface area contributed by atoms with Gasteiger partial charge in [-0.05, 0) is 23.8 Å².